The Balaban J connectivity index is 1.98. The van der Waals surface area contributed by atoms with Gasteiger partial charge in [0, 0.05) is 25.2 Å². The number of nitrogens with zero attached hydrogens (tertiary/aromatic N) is 2. The van der Waals surface area contributed by atoms with E-state index >= 15 is 0 Å². The first-order valence-electron chi connectivity index (χ1n) is 5.82. The minimum Gasteiger partial charge on any atom is -0.446 e. The molecular formula is C12H17N5O. The molecule has 2 aromatic heterocycles. The van der Waals surface area contributed by atoms with Gasteiger partial charge in [0.05, 0.1) is 0 Å². The van der Waals surface area contributed by atoms with Crippen LogP contribution >= 0.6 is 0 Å². The second kappa shape index (κ2) is 6.02. The lowest BCUT2D eigenvalue weighted by molar-refractivity contribution is 0.551. The smallest absolute Gasteiger partial charge is 0.198 e. The van der Waals surface area contributed by atoms with Gasteiger partial charge in [-0.15, -0.1) is 0 Å². The second-order valence-electron chi connectivity index (χ2n) is 3.85. The van der Waals surface area contributed by atoms with Crippen molar-refractivity contribution in [1.29, 1.82) is 0 Å². The largest absolute Gasteiger partial charge is 0.446 e. The van der Waals surface area contributed by atoms with Crippen LogP contribution in [0.25, 0.3) is 0 Å². The first-order valence-corrected chi connectivity index (χ1v) is 5.82. The molecule has 0 fully saturated rings. The average molecular weight is 247 g/mol. The van der Waals surface area contributed by atoms with E-state index in [1.54, 1.807) is 0 Å². The molecule has 0 unspecified atom stereocenters. The highest BCUT2D eigenvalue weighted by Gasteiger charge is 2.01. The van der Waals surface area contributed by atoms with Crippen molar-refractivity contribution < 1.29 is 4.42 Å². The Morgan fingerprint density at radius 1 is 1.17 bits per heavy atom. The maximum absolute atomic E-state index is 5.42. The standard InChI is InChI=1S/C12H17N5O/c1-9-3-4-12(18-9)17-11-7-10(15-8-16-11)14-6-5-13-2/h3-4,7-8,13H,5-6H2,1-2H3,(H2,14,15,16,17). The number of furan rings is 1. The molecule has 0 aliphatic rings. The lowest BCUT2D eigenvalue weighted by Gasteiger charge is -2.06. The summed E-state index contributed by atoms with van der Waals surface area (Å²) in [6.07, 6.45) is 1.51. The molecule has 0 aliphatic heterocycles. The lowest BCUT2D eigenvalue weighted by atomic mass is 10.4. The van der Waals surface area contributed by atoms with Gasteiger partial charge in [0.15, 0.2) is 5.88 Å². The Hall–Kier alpha value is -2.08. The first-order chi connectivity index (χ1) is 8.78. The number of anilines is 3. The molecule has 6 nitrogen and oxygen atoms in total. The zero-order valence-electron chi connectivity index (χ0n) is 10.5. The SMILES string of the molecule is CNCCNc1cc(Nc2ccc(C)o2)ncn1. The molecule has 0 radical (unpaired) electrons. The molecule has 0 spiro atoms. The zero-order valence-corrected chi connectivity index (χ0v) is 10.5. The topological polar surface area (TPSA) is 75.0 Å². The molecule has 0 aliphatic carbocycles. The Labute approximate surface area is 106 Å². The van der Waals surface area contributed by atoms with E-state index in [-0.39, 0.29) is 0 Å². The molecular weight excluding hydrogens is 230 g/mol. The predicted molar refractivity (Wildman–Crippen MR) is 71.2 cm³/mol. The third-order valence-corrected chi connectivity index (χ3v) is 2.34. The molecule has 6 heteroatoms. The quantitative estimate of drug-likeness (QED) is 0.675. The van der Waals surface area contributed by atoms with E-state index in [1.165, 1.54) is 6.33 Å². The molecule has 0 amide bonds. The fourth-order valence-electron chi connectivity index (χ4n) is 1.47. The van der Waals surface area contributed by atoms with Crippen molar-refractivity contribution in [3.05, 3.63) is 30.3 Å². The number of nitrogens with one attached hydrogen (secondary N) is 3. The van der Waals surface area contributed by atoms with Crippen LogP contribution < -0.4 is 16.0 Å². The molecule has 96 valence electrons. The van der Waals surface area contributed by atoms with Gasteiger partial charge < -0.3 is 20.4 Å². The minimum atomic E-state index is 0.673. The third kappa shape index (κ3) is 3.46. The van der Waals surface area contributed by atoms with Gasteiger partial charge in [0.25, 0.3) is 0 Å². The molecule has 0 saturated heterocycles. The molecule has 0 bridgehead atoms. The number of aryl methyl sites for hydroxylation is 1. The highest BCUT2D eigenvalue weighted by molar-refractivity contribution is 5.54. The monoisotopic (exact) mass is 247 g/mol. The van der Waals surface area contributed by atoms with E-state index in [4.69, 9.17) is 4.42 Å². The summed E-state index contributed by atoms with van der Waals surface area (Å²) in [5.41, 5.74) is 0. The summed E-state index contributed by atoms with van der Waals surface area (Å²) in [5.74, 6) is 3.02. The van der Waals surface area contributed by atoms with E-state index in [0.717, 1.165) is 24.7 Å². The van der Waals surface area contributed by atoms with Crippen molar-refractivity contribution in [3.8, 4) is 0 Å². The van der Waals surface area contributed by atoms with E-state index in [1.807, 2.05) is 32.2 Å². The van der Waals surface area contributed by atoms with Crippen LogP contribution in [0.4, 0.5) is 17.5 Å². The fraction of sp³-hybridized carbons (Fsp3) is 0.333. The molecule has 18 heavy (non-hydrogen) atoms. The van der Waals surface area contributed by atoms with Crippen molar-refractivity contribution >= 4 is 17.5 Å². The van der Waals surface area contributed by atoms with Crippen LogP contribution in [-0.4, -0.2) is 30.1 Å². The average Bonchev–Trinajstić information content (AvgIpc) is 2.76. The molecule has 3 N–H and O–H groups in total. The van der Waals surface area contributed by atoms with E-state index in [2.05, 4.69) is 25.9 Å². The number of likely N-dealkylation sites (N-methyl/N-ethyl adjacent to an activating group) is 1. The van der Waals surface area contributed by atoms with Gasteiger partial charge in [-0.25, -0.2) is 9.97 Å². The molecule has 0 atom stereocenters. The van der Waals surface area contributed by atoms with Crippen molar-refractivity contribution in [1.82, 2.24) is 15.3 Å². The lowest BCUT2D eigenvalue weighted by Crippen LogP contribution is -2.18. The van der Waals surface area contributed by atoms with Crippen LogP contribution in [0, 0.1) is 6.92 Å². The Bertz CT molecular complexity index is 497. The summed E-state index contributed by atoms with van der Waals surface area (Å²) < 4.78 is 5.42. The maximum atomic E-state index is 5.42. The Kier molecular flexibility index (Phi) is 4.14. The van der Waals surface area contributed by atoms with Crippen molar-refractivity contribution in [3.63, 3.8) is 0 Å². The molecule has 0 saturated carbocycles. The number of rotatable bonds is 6. The summed E-state index contributed by atoms with van der Waals surface area (Å²) in [7, 11) is 1.91. The van der Waals surface area contributed by atoms with Crippen molar-refractivity contribution in [2.24, 2.45) is 0 Å². The number of aromatic nitrogens is 2. The van der Waals surface area contributed by atoms with Gasteiger partial charge >= 0.3 is 0 Å². The maximum Gasteiger partial charge on any atom is 0.198 e. The Morgan fingerprint density at radius 2 is 2.00 bits per heavy atom. The first kappa shape index (κ1) is 12.4. The van der Waals surface area contributed by atoms with Crippen LogP contribution in [0.1, 0.15) is 5.76 Å². The highest BCUT2D eigenvalue weighted by Crippen LogP contribution is 2.18. The van der Waals surface area contributed by atoms with Crippen LogP contribution in [0.5, 0.6) is 0 Å². The zero-order chi connectivity index (χ0) is 12.8. The second-order valence-corrected chi connectivity index (χ2v) is 3.85. The molecule has 2 rings (SSSR count). The fourth-order valence-corrected chi connectivity index (χ4v) is 1.47. The number of hydrogen-bond donors (Lipinski definition) is 3. The Morgan fingerprint density at radius 3 is 2.72 bits per heavy atom. The molecule has 2 aromatic rings. The predicted octanol–water partition coefficient (Wildman–Crippen LogP) is 1.75. The van der Waals surface area contributed by atoms with Gasteiger partial charge in [0.2, 0.25) is 0 Å². The summed E-state index contributed by atoms with van der Waals surface area (Å²) in [6, 6.07) is 5.61. The van der Waals surface area contributed by atoms with Crippen LogP contribution in [0.15, 0.2) is 28.9 Å². The molecule has 0 aromatic carbocycles. The van der Waals surface area contributed by atoms with Gasteiger partial charge in [-0.05, 0) is 20.0 Å². The summed E-state index contributed by atoms with van der Waals surface area (Å²) in [4.78, 5) is 8.27. The normalized spacial score (nSPS) is 10.3. The highest BCUT2D eigenvalue weighted by atomic mass is 16.4. The summed E-state index contributed by atoms with van der Waals surface area (Å²) >= 11 is 0. The van der Waals surface area contributed by atoms with E-state index < -0.39 is 0 Å². The van der Waals surface area contributed by atoms with Gasteiger partial charge in [-0.2, -0.15) is 0 Å². The van der Waals surface area contributed by atoms with Gasteiger partial charge in [-0.1, -0.05) is 0 Å². The van der Waals surface area contributed by atoms with Crippen LogP contribution in [-0.2, 0) is 0 Å². The van der Waals surface area contributed by atoms with Gasteiger partial charge in [-0.3, -0.25) is 0 Å². The van der Waals surface area contributed by atoms with Crippen LogP contribution in [0.3, 0.4) is 0 Å². The van der Waals surface area contributed by atoms with Crippen molar-refractivity contribution in [2.45, 2.75) is 6.92 Å². The van der Waals surface area contributed by atoms with E-state index in [9.17, 15) is 0 Å². The molecule has 2 heterocycles. The van der Waals surface area contributed by atoms with Crippen LogP contribution in [0.2, 0.25) is 0 Å². The third-order valence-electron chi connectivity index (χ3n) is 2.34. The summed E-state index contributed by atoms with van der Waals surface area (Å²) in [6.45, 7) is 3.59. The minimum absolute atomic E-state index is 0.673. The summed E-state index contributed by atoms with van der Waals surface area (Å²) in [5, 5.41) is 9.33. The number of hydrogen-bond acceptors (Lipinski definition) is 6. The van der Waals surface area contributed by atoms with E-state index in [0.29, 0.717) is 11.7 Å². The van der Waals surface area contributed by atoms with Gasteiger partial charge in [0.1, 0.15) is 23.7 Å². The van der Waals surface area contributed by atoms with Crippen molar-refractivity contribution in [2.75, 3.05) is 30.8 Å².